The summed E-state index contributed by atoms with van der Waals surface area (Å²) in [4.78, 5) is 27.4. The molecule has 0 N–H and O–H groups in total. The molecular formula is C28H23ClF3NO3. The second-order valence-corrected chi connectivity index (χ2v) is 9.20. The van der Waals surface area contributed by atoms with Crippen LogP contribution in [0.25, 0.3) is 11.1 Å². The Morgan fingerprint density at radius 2 is 1.69 bits per heavy atom. The second kappa shape index (κ2) is 9.82. The lowest BCUT2D eigenvalue weighted by atomic mass is 9.87. The molecule has 0 fully saturated rings. The van der Waals surface area contributed by atoms with Gasteiger partial charge in [0.1, 0.15) is 0 Å². The predicted octanol–water partition coefficient (Wildman–Crippen LogP) is 7.26. The third-order valence-corrected chi connectivity index (χ3v) is 6.27. The molecule has 0 saturated carbocycles. The molecule has 1 aliphatic rings. The molecule has 8 heteroatoms. The number of halogens is 4. The fraction of sp³-hybridized carbons (Fsp3) is 0.214. The molecule has 186 valence electrons. The molecule has 4 nitrogen and oxygen atoms in total. The Bertz CT molecular complexity index is 1360. The van der Waals surface area contributed by atoms with E-state index in [1.807, 2.05) is 13.8 Å². The van der Waals surface area contributed by atoms with Crippen LogP contribution in [0.5, 0.6) is 0 Å². The van der Waals surface area contributed by atoms with Crippen molar-refractivity contribution in [2.75, 3.05) is 12.0 Å². The van der Waals surface area contributed by atoms with Crippen LogP contribution >= 0.6 is 11.6 Å². The first kappa shape index (κ1) is 25.5. The number of esters is 1. The van der Waals surface area contributed by atoms with Gasteiger partial charge in [-0.1, -0.05) is 49.7 Å². The average molecular weight is 514 g/mol. The highest BCUT2D eigenvalue weighted by molar-refractivity contribution is 6.39. The van der Waals surface area contributed by atoms with Gasteiger partial charge in [-0.15, -0.1) is 0 Å². The Labute approximate surface area is 211 Å². The van der Waals surface area contributed by atoms with Crippen LogP contribution in [0.4, 0.5) is 18.9 Å². The zero-order valence-corrected chi connectivity index (χ0v) is 20.6. The van der Waals surface area contributed by atoms with Gasteiger partial charge in [0, 0.05) is 10.6 Å². The number of allylic oxidation sites excluding steroid dienone is 1. The minimum absolute atomic E-state index is 0.171. The van der Waals surface area contributed by atoms with Crippen molar-refractivity contribution in [1.82, 2.24) is 0 Å². The van der Waals surface area contributed by atoms with Gasteiger partial charge in [-0.3, -0.25) is 4.79 Å². The number of nitrogens with zero attached hydrogens (tertiary/aromatic N) is 1. The molecule has 1 amide bonds. The van der Waals surface area contributed by atoms with Crippen molar-refractivity contribution in [2.24, 2.45) is 5.92 Å². The van der Waals surface area contributed by atoms with Crippen molar-refractivity contribution in [2.45, 2.75) is 26.6 Å². The van der Waals surface area contributed by atoms with E-state index in [9.17, 15) is 22.8 Å². The van der Waals surface area contributed by atoms with Gasteiger partial charge >= 0.3 is 12.1 Å². The molecule has 1 heterocycles. The van der Waals surface area contributed by atoms with E-state index >= 15 is 0 Å². The van der Waals surface area contributed by atoms with E-state index < -0.39 is 17.7 Å². The summed E-state index contributed by atoms with van der Waals surface area (Å²) < 4.78 is 44.2. The summed E-state index contributed by atoms with van der Waals surface area (Å²) in [7, 11) is 1.30. The fourth-order valence-corrected chi connectivity index (χ4v) is 4.59. The van der Waals surface area contributed by atoms with Crippen molar-refractivity contribution < 1.29 is 27.5 Å². The zero-order valence-electron chi connectivity index (χ0n) is 19.8. The standard InChI is InChI=1S/C28H23ClF3NO3/c1-16(2)24(18-7-9-20(10-8-18)28(30,31)32)25-22-14-21(29)11-12-23(22)33(26(25)34)15-17-5-4-6-19(13-17)27(35)36-3/h4-14,16H,15H2,1-3H3. The van der Waals surface area contributed by atoms with Crippen LogP contribution in [0.3, 0.4) is 0 Å². The Balaban J connectivity index is 1.83. The molecule has 0 aromatic heterocycles. The topological polar surface area (TPSA) is 46.6 Å². The number of amides is 1. The van der Waals surface area contributed by atoms with E-state index in [4.69, 9.17) is 16.3 Å². The zero-order chi connectivity index (χ0) is 26.2. The number of carbonyl (C=O) groups is 2. The van der Waals surface area contributed by atoms with Crippen molar-refractivity contribution in [3.63, 3.8) is 0 Å². The third kappa shape index (κ3) is 4.88. The maximum atomic E-state index is 13.9. The molecule has 0 radical (unpaired) electrons. The highest BCUT2D eigenvalue weighted by Crippen LogP contribution is 2.45. The molecule has 36 heavy (non-hydrogen) atoms. The van der Waals surface area contributed by atoms with Crippen LogP contribution in [0.1, 0.15) is 46.5 Å². The summed E-state index contributed by atoms with van der Waals surface area (Å²) in [6.07, 6.45) is -4.46. The molecule has 0 aliphatic carbocycles. The fourth-order valence-electron chi connectivity index (χ4n) is 4.42. The first-order valence-corrected chi connectivity index (χ1v) is 11.6. The summed E-state index contributed by atoms with van der Waals surface area (Å²) in [6.45, 7) is 3.96. The van der Waals surface area contributed by atoms with Crippen molar-refractivity contribution in [3.8, 4) is 0 Å². The van der Waals surface area contributed by atoms with E-state index in [0.717, 1.165) is 12.1 Å². The van der Waals surface area contributed by atoms with Gasteiger partial charge in [0.05, 0.1) is 36.0 Å². The Morgan fingerprint density at radius 1 is 1.00 bits per heavy atom. The van der Waals surface area contributed by atoms with Crippen LogP contribution in [0, 0.1) is 5.92 Å². The number of carbonyl (C=O) groups excluding carboxylic acids is 2. The molecule has 3 aromatic rings. The minimum atomic E-state index is -4.46. The largest absolute Gasteiger partial charge is 0.465 e. The maximum Gasteiger partial charge on any atom is 0.416 e. The highest BCUT2D eigenvalue weighted by atomic mass is 35.5. The molecule has 4 rings (SSSR count). The van der Waals surface area contributed by atoms with E-state index in [1.165, 1.54) is 19.2 Å². The second-order valence-electron chi connectivity index (χ2n) is 8.76. The van der Waals surface area contributed by atoms with Gasteiger partial charge in [-0.25, -0.2) is 4.79 Å². The van der Waals surface area contributed by atoms with Crippen LogP contribution in [0.15, 0.2) is 66.7 Å². The first-order chi connectivity index (χ1) is 17.0. The summed E-state index contributed by atoms with van der Waals surface area (Å²) in [5.74, 6) is -0.948. The lowest BCUT2D eigenvalue weighted by molar-refractivity contribution is -0.137. The molecule has 1 aliphatic heterocycles. The van der Waals surface area contributed by atoms with E-state index in [0.29, 0.717) is 44.1 Å². The Morgan fingerprint density at radius 3 is 2.31 bits per heavy atom. The van der Waals surface area contributed by atoms with Gasteiger partial charge in [0.2, 0.25) is 0 Å². The van der Waals surface area contributed by atoms with Crippen molar-refractivity contribution in [3.05, 3.63) is 99.6 Å². The quantitative estimate of drug-likeness (QED) is 0.266. The smallest absolute Gasteiger partial charge is 0.416 e. The summed E-state index contributed by atoms with van der Waals surface area (Å²) in [6, 6.07) is 16.8. The summed E-state index contributed by atoms with van der Waals surface area (Å²) >= 11 is 6.29. The number of anilines is 1. The number of rotatable bonds is 5. The monoisotopic (exact) mass is 513 g/mol. The van der Waals surface area contributed by atoms with Crippen LogP contribution in [-0.4, -0.2) is 19.0 Å². The maximum absolute atomic E-state index is 13.9. The number of ether oxygens (including phenoxy) is 1. The van der Waals surface area contributed by atoms with Crippen LogP contribution in [-0.2, 0) is 22.3 Å². The number of benzene rings is 3. The number of fused-ring (bicyclic) bond motifs is 1. The van der Waals surface area contributed by atoms with Gasteiger partial charge < -0.3 is 9.64 Å². The first-order valence-electron chi connectivity index (χ1n) is 11.2. The molecule has 0 bridgehead atoms. The average Bonchev–Trinajstić information content (AvgIpc) is 3.09. The van der Waals surface area contributed by atoms with E-state index in [1.54, 1.807) is 47.4 Å². The van der Waals surface area contributed by atoms with Gasteiger partial charge in [0.15, 0.2) is 0 Å². The normalized spacial score (nSPS) is 14.8. The van der Waals surface area contributed by atoms with Crippen LogP contribution < -0.4 is 4.90 Å². The Hall–Kier alpha value is -3.58. The van der Waals surface area contributed by atoms with Gasteiger partial charge in [-0.2, -0.15) is 13.2 Å². The van der Waals surface area contributed by atoms with Crippen LogP contribution in [0.2, 0.25) is 5.02 Å². The van der Waals surface area contributed by atoms with Crippen molar-refractivity contribution in [1.29, 1.82) is 0 Å². The number of hydrogen-bond acceptors (Lipinski definition) is 3. The molecule has 0 unspecified atom stereocenters. The third-order valence-electron chi connectivity index (χ3n) is 6.04. The number of alkyl halides is 3. The molecule has 0 spiro atoms. The minimum Gasteiger partial charge on any atom is -0.465 e. The summed E-state index contributed by atoms with van der Waals surface area (Å²) in [5, 5.41) is 0.434. The SMILES string of the molecule is COC(=O)c1cccc(CN2C(=O)C(=C(c3ccc(C(F)(F)F)cc3)C(C)C)c3cc(Cl)ccc32)c1. The van der Waals surface area contributed by atoms with E-state index in [2.05, 4.69) is 0 Å². The van der Waals surface area contributed by atoms with Gasteiger partial charge in [0.25, 0.3) is 5.91 Å². The highest BCUT2D eigenvalue weighted by Gasteiger charge is 2.36. The van der Waals surface area contributed by atoms with Gasteiger partial charge in [-0.05, 0) is 65.1 Å². The number of hydrogen-bond donors (Lipinski definition) is 0. The number of methoxy groups -OCH3 is 1. The summed E-state index contributed by atoms with van der Waals surface area (Å²) in [5.41, 5.74) is 3.12. The Kier molecular flexibility index (Phi) is 6.96. The predicted molar refractivity (Wildman–Crippen MR) is 134 cm³/mol. The molecule has 0 atom stereocenters. The lowest BCUT2D eigenvalue weighted by Gasteiger charge is -2.19. The van der Waals surface area contributed by atoms with E-state index in [-0.39, 0.29) is 18.4 Å². The molecule has 3 aromatic carbocycles. The lowest BCUT2D eigenvalue weighted by Crippen LogP contribution is -2.26. The van der Waals surface area contributed by atoms with Crippen molar-refractivity contribution >= 4 is 40.3 Å². The molecular weight excluding hydrogens is 491 g/mol. The molecule has 0 saturated heterocycles.